The van der Waals surface area contributed by atoms with Crippen molar-refractivity contribution in [2.24, 2.45) is 0 Å². The lowest BCUT2D eigenvalue weighted by molar-refractivity contribution is 0.0788. The number of benzene rings is 1. The Kier molecular flexibility index (Phi) is 4.12. The summed E-state index contributed by atoms with van der Waals surface area (Å²) in [5.41, 5.74) is 2.18. The molecule has 1 saturated heterocycles. The highest BCUT2D eigenvalue weighted by molar-refractivity contribution is 5.95. The third-order valence-electron chi connectivity index (χ3n) is 5.59. The first kappa shape index (κ1) is 17.5. The van der Waals surface area contributed by atoms with Gasteiger partial charge < -0.3 is 14.4 Å². The van der Waals surface area contributed by atoms with Crippen LogP contribution in [0.4, 0.5) is 0 Å². The second kappa shape index (κ2) is 6.80. The number of H-pyrrole nitrogens is 1. The third kappa shape index (κ3) is 2.97. The average Bonchev–Trinajstić information content (AvgIpc) is 3.48. The van der Waals surface area contributed by atoms with Crippen molar-refractivity contribution in [3.63, 3.8) is 0 Å². The zero-order chi connectivity index (χ0) is 20.0. The van der Waals surface area contributed by atoms with E-state index in [0.29, 0.717) is 35.8 Å². The van der Waals surface area contributed by atoms with Crippen molar-refractivity contribution in [2.75, 3.05) is 19.9 Å². The molecule has 0 spiro atoms. The van der Waals surface area contributed by atoms with Crippen LogP contribution in [0.2, 0.25) is 0 Å². The Labute approximate surface area is 166 Å². The van der Waals surface area contributed by atoms with Gasteiger partial charge in [0.2, 0.25) is 6.79 Å². The number of nitrogens with one attached hydrogen (secondary N) is 1. The smallest absolute Gasteiger partial charge is 0.268 e. The van der Waals surface area contributed by atoms with Gasteiger partial charge in [0.1, 0.15) is 5.56 Å². The monoisotopic (exact) mass is 392 g/mol. The minimum Gasteiger partial charge on any atom is -0.454 e. The van der Waals surface area contributed by atoms with E-state index < -0.39 is 0 Å². The van der Waals surface area contributed by atoms with Gasteiger partial charge >= 0.3 is 0 Å². The number of fused-ring (bicyclic) bond motifs is 1. The largest absolute Gasteiger partial charge is 0.454 e. The molecule has 2 aliphatic rings. The zero-order valence-corrected chi connectivity index (χ0v) is 15.9. The summed E-state index contributed by atoms with van der Waals surface area (Å²) in [7, 11) is 0. The van der Waals surface area contributed by atoms with E-state index in [0.717, 1.165) is 12.1 Å². The first-order valence-electron chi connectivity index (χ1n) is 9.52. The Bertz CT molecular complexity index is 1140. The normalized spacial score (nSPS) is 17.7. The predicted octanol–water partition coefficient (Wildman–Crippen LogP) is 2.23. The van der Waals surface area contributed by atoms with E-state index in [1.54, 1.807) is 48.5 Å². The summed E-state index contributed by atoms with van der Waals surface area (Å²) in [4.78, 5) is 28.2. The van der Waals surface area contributed by atoms with E-state index in [1.165, 1.54) is 4.57 Å². The van der Waals surface area contributed by atoms with Gasteiger partial charge in [-0.3, -0.25) is 19.3 Å². The molecule has 0 bridgehead atoms. The number of likely N-dealkylation sites (tertiary alicyclic amines) is 1. The Morgan fingerprint density at radius 3 is 2.90 bits per heavy atom. The Morgan fingerprint density at radius 2 is 2.07 bits per heavy atom. The number of amides is 1. The lowest BCUT2D eigenvalue weighted by Crippen LogP contribution is -2.35. The Hall–Kier alpha value is -3.55. The third-order valence-corrected chi connectivity index (χ3v) is 5.59. The minimum absolute atomic E-state index is 0.164. The van der Waals surface area contributed by atoms with E-state index in [-0.39, 0.29) is 29.7 Å². The maximum atomic E-state index is 13.2. The van der Waals surface area contributed by atoms with Gasteiger partial charge in [-0.25, -0.2) is 0 Å². The van der Waals surface area contributed by atoms with Gasteiger partial charge in [-0.1, -0.05) is 0 Å². The van der Waals surface area contributed by atoms with E-state index >= 15 is 0 Å². The van der Waals surface area contributed by atoms with Gasteiger partial charge in [-0.15, -0.1) is 0 Å². The van der Waals surface area contributed by atoms with Crippen LogP contribution in [0.3, 0.4) is 0 Å². The second-order valence-corrected chi connectivity index (χ2v) is 7.34. The highest BCUT2D eigenvalue weighted by Crippen LogP contribution is 2.33. The molecule has 8 heteroatoms. The van der Waals surface area contributed by atoms with Gasteiger partial charge in [-0.05, 0) is 43.2 Å². The molecule has 4 heterocycles. The maximum absolute atomic E-state index is 13.2. The lowest BCUT2D eigenvalue weighted by Gasteiger charge is -2.18. The highest BCUT2D eigenvalue weighted by Gasteiger charge is 2.31. The molecule has 1 aromatic carbocycles. The summed E-state index contributed by atoms with van der Waals surface area (Å²) in [6.07, 6.45) is 4.24. The fourth-order valence-electron chi connectivity index (χ4n) is 3.98. The lowest BCUT2D eigenvalue weighted by atomic mass is 10.1. The van der Waals surface area contributed by atoms with Crippen molar-refractivity contribution >= 4 is 5.91 Å². The van der Waals surface area contributed by atoms with Crippen molar-refractivity contribution in [1.82, 2.24) is 19.7 Å². The van der Waals surface area contributed by atoms with Crippen LogP contribution in [0.1, 0.15) is 34.0 Å². The molecular weight excluding hydrogens is 372 g/mol. The van der Waals surface area contributed by atoms with Crippen molar-refractivity contribution < 1.29 is 14.3 Å². The molecule has 5 rings (SSSR count). The number of ether oxygens (including phenoxy) is 2. The molecule has 1 amide bonds. The second-order valence-electron chi connectivity index (χ2n) is 7.34. The number of aromatic amines is 1. The molecule has 148 valence electrons. The van der Waals surface area contributed by atoms with Crippen LogP contribution in [-0.4, -0.2) is 45.5 Å². The summed E-state index contributed by atoms with van der Waals surface area (Å²) in [6, 6.07) is 9.02. The molecule has 2 aromatic heterocycles. The number of rotatable bonds is 3. The molecular formula is C21H20N4O4. The van der Waals surface area contributed by atoms with Crippen LogP contribution >= 0.6 is 0 Å². The van der Waals surface area contributed by atoms with Crippen molar-refractivity contribution in [1.29, 1.82) is 0 Å². The molecule has 3 aromatic rings. The van der Waals surface area contributed by atoms with Crippen LogP contribution in [0.15, 0.2) is 47.5 Å². The van der Waals surface area contributed by atoms with E-state index in [1.807, 2.05) is 6.07 Å². The van der Waals surface area contributed by atoms with Crippen LogP contribution in [0.25, 0.3) is 5.69 Å². The number of carbonyl (C=O) groups excluding carboxylic acids is 1. The van der Waals surface area contributed by atoms with E-state index in [4.69, 9.17) is 9.47 Å². The molecule has 0 radical (unpaired) electrons. The Morgan fingerprint density at radius 1 is 1.21 bits per heavy atom. The van der Waals surface area contributed by atoms with E-state index in [2.05, 4.69) is 10.2 Å². The molecule has 1 N–H and O–H groups in total. The number of aryl methyl sites for hydroxylation is 1. The topological polar surface area (TPSA) is 89.4 Å². The SMILES string of the molecule is Cc1ccn(-c2ccc3c(c2)OCO3)c(=O)c1C(=O)N1CCC(c2ccn[nH]2)C1. The van der Waals surface area contributed by atoms with Crippen molar-refractivity contribution in [3.8, 4) is 17.2 Å². The van der Waals surface area contributed by atoms with Gasteiger partial charge in [0.15, 0.2) is 11.5 Å². The van der Waals surface area contributed by atoms with Gasteiger partial charge in [-0.2, -0.15) is 5.10 Å². The fourth-order valence-corrected chi connectivity index (χ4v) is 3.98. The van der Waals surface area contributed by atoms with Gasteiger partial charge in [0.25, 0.3) is 11.5 Å². The molecule has 1 atom stereocenters. The quantitative estimate of drug-likeness (QED) is 0.738. The van der Waals surface area contributed by atoms with Gasteiger partial charge in [0.05, 0.1) is 5.69 Å². The van der Waals surface area contributed by atoms with Gasteiger partial charge in [0, 0.05) is 43.2 Å². The Balaban J connectivity index is 1.47. The van der Waals surface area contributed by atoms with Crippen LogP contribution in [-0.2, 0) is 0 Å². The van der Waals surface area contributed by atoms with Crippen LogP contribution in [0.5, 0.6) is 11.5 Å². The summed E-state index contributed by atoms with van der Waals surface area (Å²) >= 11 is 0. The van der Waals surface area contributed by atoms with Crippen molar-refractivity contribution in [3.05, 3.63) is 69.9 Å². The summed E-state index contributed by atoms with van der Waals surface area (Å²) in [5, 5.41) is 6.97. The first-order chi connectivity index (χ1) is 14.1. The number of hydrogen-bond acceptors (Lipinski definition) is 5. The molecule has 0 saturated carbocycles. The summed E-state index contributed by atoms with van der Waals surface area (Å²) in [6.45, 7) is 3.14. The van der Waals surface area contributed by atoms with E-state index in [9.17, 15) is 9.59 Å². The number of carbonyl (C=O) groups is 1. The molecule has 8 nitrogen and oxygen atoms in total. The number of hydrogen-bond donors (Lipinski definition) is 1. The highest BCUT2D eigenvalue weighted by atomic mass is 16.7. The molecule has 2 aliphatic heterocycles. The number of nitrogens with zero attached hydrogens (tertiary/aromatic N) is 3. The standard InChI is InChI=1S/C21H20N4O4/c1-13-5-9-25(15-2-3-17-18(10-15)29-12-28-17)21(27)19(13)20(26)24-8-6-14(11-24)16-4-7-22-23-16/h2-5,7,9-10,14H,6,8,11-12H2,1H3,(H,22,23). The van der Waals surface area contributed by atoms with Crippen LogP contribution < -0.4 is 15.0 Å². The maximum Gasteiger partial charge on any atom is 0.268 e. The number of pyridine rings is 1. The first-order valence-corrected chi connectivity index (χ1v) is 9.52. The fraction of sp³-hybridized carbons (Fsp3) is 0.286. The summed E-state index contributed by atoms with van der Waals surface area (Å²) < 4.78 is 12.2. The molecule has 1 fully saturated rings. The van der Waals surface area contributed by atoms with Crippen LogP contribution in [0, 0.1) is 6.92 Å². The predicted molar refractivity (Wildman–Crippen MR) is 105 cm³/mol. The molecule has 0 aliphatic carbocycles. The zero-order valence-electron chi connectivity index (χ0n) is 15.9. The minimum atomic E-state index is -0.334. The molecule has 29 heavy (non-hydrogen) atoms. The summed E-state index contributed by atoms with van der Waals surface area (Å²) in [5.74, 6) is 1.21. The number of aromatic nitrogens is 3. The average molecular weight is 392 g/mol. The van der Waals surface area contributed by atoms with Crippen molar-refractivity contribution in [2.45, 2.75) is 19.3 Å². The molecule has 1 unspecified atom stereocenters.